The molecule has 2 aromatic carbocycles. The number of rotatable bonds is 4. The normalized spacial score (nSPS) is 9.95. The van der Waals surface area contributed by atoms with Gasteiger partial charge in [0.2, 0.25) is 0 Å². The molecule has 0 bridgehead atoms. The molecule has 0 unspecified atom stereocenters. The Labute approximate surface area is 122 Å². The van der Waals surface area contributed by atoms with E-state index in [-0.39, 0.29) is 0 Å². The Balaban J connectivity index is 2.04. The number of thioether (sulfide) groups is 1. The monoisotopic (exact) mass is 289 g/mol. The zero-order valence-corrected chi connectivity index (χ0v) is 12.0. The quantitative estimate of drug-likeness (QED) is 0.776. The third-order valence-corrected chi connectivity index (χ3v) is 3.73. The number of benzene rings is 2. The summed E-state index contributed by atoms with van der Waals surface area (Å²) in [5, 5.41) is 9.32. The van der Waals surface area contributed by atoms with Gasteiger partial charge in [-0.25, -0.2) is 0 Å². The van der Waals surface area contributed by atoms with Crippen molar-refractivity contribution in [2.75, 3.05) is 6.26 Å². The molecule has 0 aliphatic carbocycles. The molecule has 0 saturated carbocycles. The van der Waals surface area contributed by atoms with Crippen LogP contribution in [0.1, 0.15) is 11.1 Å². The molecule has 2 rings (SSSR count). The first kappa shape index (κ1) is 13.8. The van der Waals surface area contributed by atoms with Gasteiger partial charge in [-0.2, -0.15) is 5.26 Å². The largest absolute Gasteiger partial charge is 0.489 e. The van der Waals surface area contributed by atoms with Crippen LogP contribution in [-0.4, -0.2) is 6.26 Å². The lowest BCUT2D eigenvalue weighted by molar-refractivity contribution is 0.306. The zero-order chi connectivity index (χ0) is 13.7. The van der Waals surface area contributed by atoms with Crippen LogP contribution in [0.15, 0.2) is 47.4 Å². The van der Waals surface area contributed by atoms with Crippen molar-refractivity contribution in [2.24, 2.45) is 0 Å². The van der Waals surface area contributed by atoms with Gasteiger partial charge >= 0.3 is 0 Å². The van der Waals surface area contributed by atoms with Crippen LogP contribution in [0.5, 0.6) is 5.75 Å². The van der Waals surface area contributed by atoms with Gasteiger partial charge in [0.15, 0.2) is 0 Å². The van der Waals surface area contributed by atoms with E-state index < -0.39 is 0 Å². The maximum atomic E-state index is 8.77. The second kappa shape index (κ2) is 6.51. The van der Waals surface area contributed by atoms with E-state index in [2.05, 4.69) is 6.07 Å². The van der Waals surface area contributed by atoms with Gasteiger partial charge in [0.1, 0.15) is 12.4 Å². The molecule has 0 heterocycles. The number of ether oxygens (including phenoxy) is 1. The molecular weight excluding hydrogens is 278 g/mol. The molecule has 0 saturated heterocycles. The Kier molecular flexibility index (Phi) is 4.73. The average molecular weight is 290 g/mol. The molecule has 0 atom stereocenters. The summed E-state index contributed by atoms with van der Waals surface area (Å²) in [6.07, 6.45) is 2.03. The van der Waals surface area contributed by atoms with Crippen LogP contribution in [0, 0.1) is 11.3 Å². The van der Waals surface area contributed by atoms with Crippen molar-refractivity contribution in [1.82, 2.24) is 0 Å². The molecule has 0 aromatic heterocycles. The molecule has 0 spiro atoms. The Morgan fingerprint density at radius 1 is 1.21 bits per heavy atom. The van der Waals surface area contributed by atoms with E-state index in [1.807, 2.05) is 36.6 Å². The summed E-state index contributed by atoms with van der Waals surface area (Å²) in [6, 6.07) is 15.2. The minimum absolute atomic E-state index is 0.392. The average Bonchev–Trinajstić information content (AvgIpc) is 2.46. The molecule has 4 heteroatoms. The summed E-state index contributed by atoms with van der Waals surface area (Å²) < 4.78 is 5.67. The Hall–Kier alpha value is -1.63. The molecule has 0 N–H and O–H groups in total. The first-order valence-electron chi connectivity index (χ1n) is 5.68. The fourth-order valence-electron chi connectivity index (χ4n) is 1.57. The zero-order valence-electron chi connectivity index (χ0n) is 10.4. The molecule has 2 aromatic rings. The van der Waals surface area contributed by atoms with Crippen LogP contribution < -0.4 is 4.74 Å². The maximum absolute atomic E-state index is 8.77. The number of nitriles is 1. The lowest BCUT2D eigenvalue weighted by Gasteiger charge is -2.08. The van der Waals surface area contributed by atoms with E-state index in [0.29, 0.717) is 17.2 Å². The fraction of sp³-hybridized carbons (Fsp3) is 0.133. The minimum atomic E-state index is 0.392. The van der Waals surface area contributed by atoms with Gasteiger partial charge < -0.3 is 4.74 Å². The number of hydrogen-bond acceptors (Lipinski definition) is 3. The lowest BCUT2D eigenvalue weighted by atomic mass is 10.1. The maximum Gasteiger partial charge on any atom is 0.119 e. The smallest absolute Gasteiger partial charge is 0.119 e. The van der Waals surface area contributed by atoms with E-state index in [1.165, 1.54) is 4.90 Å². The van der Waals surface area contributed by atoms with Gasteiger partial charge in [-0.1, -0.05) is 17.7 Å². The molecule has 0 radical (unpaired) electrons. The van der Waals surface area contributed by atoms with E-state index in [0.717, 1.165) is 11.3 Å². The fourth-order valence-corrected chi connectivity index (χ4v) is 2.21. The van der Waals surface area contributed by atoms with Gasteiger partial charge in [0.05, 0.1) is 11.6 Å². The van der Waals surface area contributed by atoms with Crippen LogP contribution in [-0.2, 0) is 6.61 Å². The van der Waals surface area contributed by atoms with Crippen LogP contribution in [0.4, 0.5) is 0 Å². The third kappa shape index (κ3) is 3.66. The van der Waals surface area contributed by atoms with Crippen LogP contribution in [0.2, 0.25) is 5.02 Å². The summed E-state index contributed by atoms with van der Waals surface area (Å²) in [6.45, 7) is 0.392. The second-order valence-corrected chi connectivity index (χ2v) is 5.17. The highest BCUT2D eigenvalue weighted by atomic mass is 35.5. The molecule has 0 fully saturated rings. The highest BCUT2D eigenvalue weighted by Gasteiger charge is 2.03. The Bertz CT molecular complexity index is 605. The second-order valence-electron chi connectivity index (χ2n) is 3.88. The van der Waals surface area contributed by atoms with Gasteiger partial charge in [-0.3, -0.25) is 0 Å². The van der Waals surface area contributed by atoms with Gasteiger partial charge in [0.25, 0.3) is 0 Å². The predicted octanol–water partition coefficient (Wildman–Crippen LogP) is 4.51. The molecule has 96 valence electrons. The highest BCUT2D eigenvalue weighted by molar-refractivity contribution is 7.98. The summed E-state index contributed by atoms with van der Waals surface area (Å²) >= 11 is 7.78. The Morgan fingerprint density at radius 3 is 2.53 bits per heavy atom. The first-order chi connectivity index (χ1) is 9.22. The van der Waals surface area contributed by atoms with Gasteiger partial charge in [-0.05, 0) is 42.7 Å². The molecule has 2 nitrogen and oxygen atoms in total. The van der Waals surface area contributed by atoms with Crippen molar-refractivity contribution in [3.8, 4) is 11.8 Å². The van der Waals surface area contributed by atoms with Gasteiger partial charge in [-0.15, -0.1) is 11.8 Å². The van der Waals surface area contributed by atoms with Crippen LogP contribution in [0.25, 0.3) is 0 Å². The molecule has 0 aliphatic rings. The molecule has 0 aliphatic heterocycles. The summed E-state index contributed by atoms with van der Waals surface area (Å²) in [4.78, 5) is 1.20. The van der Waals surface area contributed by atoms with Crippen molar-refractivity contribution >= 4 is 23.4 Å². The van der Waals surface area contributed by atoms with Crippen molar-refractivity contribution in [2.45, 2.75) is 11.5 Å². The van der Waals surface area contributed by atoms with Crippen LogP contribution in [0.3, 0.4) is 0 Å². The number of hydrogen-bond donors (Lipinski definition) is 0. The van der Waals surface area contributed by atoms with Crippen molar-refractivity contribution in [1.29, 1.82) is 5.26 Å². The summed E-state index contributed by atoms with van der Waals surface area (Å²) in [5.41, 5.74) is 1.42. The summed E-state index contributed by atoms with van der Waals surface area (Å²) in [5.74, 6) is 0.804. The van der Waals surface area contributed by atoms with Crippen molar-refractivity contribution < 1.29 is 4.74 Å². The van der Waals surface area contributed by atoms with Crippen LogP contribution >= 0.6 is 23.4 Å². The third-order valence-electron chi connectivity index (χ3n) is 2.64. The minimum Gasteiger partial charge on any atom is -0.489 e. The molecular formula is C15H12ClNOS. The number of halogens is 1. The topological polar surface area (TPSA) is 33.0 Å². The van der Waals surface area contributed by atoms with E-state index >= 15 is 0 Å². The van der Waals surface area contributed by atoms with E-state index in [4.69, 9.17) is 21.6 Å². The van der Waals surface area contributed by atoms with E-state index in [1.54, 1.807) is 23.9 Å². The van der Waals surface area contributed by atoms with Crippen molar-refractivity contribution in [3.63, 3.8) is 0 Å². The lowest BCUT2D eigenvalue weighted by Crippen LogP contribution is -1.96. The highest BCUT2D eigenvalue weighted by Crippen LogP contribution is 2.22. The van der Waals surface area contributed by atoms with E-state index in [9.17, 15) is 0 Å². The van der Waals surface area contributed by atoms with Gasteiger partial charge in [0, 0.05) is 15.5 Å². The molecule has 0 amide bonds. The standard InChI is InChI=1S/C15H12ClNOS/c1-19-14-6-4-13(5-7-14)18-10-12-3-2-11(9-17)8-15(12)16/h2-8H,10H2,1H3. The van der Waals surface area contributed by atoms with Crippen molar-refractivity contribution in [3.05, 3.63) is 58.6 Å². The number of nitrogens with zero attached hydrogens (tertiary/aromatic N) is 1. The molecule has 19 heavy (non-hydrogen) atoms. The Morgan fingerprint density at radius 2 is 1.95 bits per heavy atom. The predicted molar refractivity (Wildman–Crippen MR) is 78.7 cm³/mol. The first-order valence-corrected chi connectivity index (χ1v) is 7.28. The SMILES string of the molecule is CSc1ccc(OCc2ccc(C#N)cc2Cl)cc1. The summed E-state index contributed by atoms with van der Waals surface area (Å²) in [7, 11) is 0.